The van der Waals surface area contributed by atoms with Gasteiger partial charge in [0, 0.05) is 30.9 Å². The van der Waals surface area contributed by atoms with Crippen LogP contribution in [0.3, 0.4) is 0 Å². The predicted molar refractivity (Wildman–Crippen MR) is 191 cm³/mol. The average Bonchev–Trinajstić information content (AvgIpc) is 3.29. The molecule has 0 spiro atoms. The highest BCUT2D eigenvalue weighted by atomic mass is 16.5. The van der Waals surface area contributed by atoms with Gasteiger partial charge in [0.2, 0.25) is 0 Å². The SMILES string of the molecule is CCOC(=O)c1cc(COc2cc(OCCOC)cc(C(=O)O)c2)cc(Cn2cc(C3c4ccccc4C=Cc4ccccc43)c(=O)[nH]c2=O)c1. The van der Waals surface area contributed by atoms with Gasteiger partial charge >= 0.3 is 17.6 Å². The molecular formula is C40H36N2O9. The number of carboxylic acids is 1. The van der Waals surface area contributed by atoms with Crippen LogP contribution in [0.1, 0.15) is 72.5 Å². The first-order valence-electron chi connectivity index (χ1n) is 16.4. The molecule has 0 bridgehead atoms. The molecule has 1 heterocycles. The van der Waals surface area contributed by atoms with Crippen LogP contribution in [0.15, 0.2) is 101 Å². The molecule has 0 aliphatic heterocycles. The second kappa shape index (κ2) is 15.6. The van der Waals surface area contributed by atoms with Crippen molar-refractivity contribution >= 4 is 24.1 Å². The number of methoxy groups -OCH3 is 1. The standard InChI is InChI=1S/C40H36N2O9/c1-3-49-39(46)30-17-25(16-26(18-30)24-51-32-20-29(38(44)45)19-31(21-32)50-15-14-48-2)22-42-23-35(37(43)41-40(42)47)36-33-10-6-4-8-27(33)12-13-28-9-5-7-11-34(28)36/h4-13,16-21,23,36H,3,14-15,22,24H2,1-2H3,(H,44,45)(H,41,43,47). The van der Waals surface area contributed by atoms with Crippen molar-refractivity contribution in [3.63, 3.8) is 0 Å². The molecule has 0 unspecified atom stereocenters. The monoisotopic (exact) mass is 688 g/mol. The molecule has 51 heavy (non-hydrogen) atoms. The number of ether oxygens (including phenoxy) is 4. The molecule has 6 rings (SSSR count). The normalized spacial score (nSPS) is 12.0. The van der Waals surface area contributed by atoms with Gasteiger partial charge in [-0.3, -0.25) is 14.3 Å². The summed E-state index contributed by atoms with van der Waals surface area (Å²) < 4.78 is 23.3. The molecule has 4 aromatic carbocycles. The van der Waals surface area contributed by atoms with E-state index in [1.165, 1.54) is 23.8 Å². The van der Waals surface area contributed by atoms with Crippen LogP contribution in [0.5, 0.6) is 11.5 Å². The van der Waals surface area contributed by atoms with Gasteiger partial charge in [0.15, 0.2) is 0 Å². The lowest BCUT2D eigenvalue weighted by atomic mass is 9.83. The van der Waals surface area contributed by atoms with E-state index in [0.717, 1.165) is 22.3 Å². The van der Waals surface area contributed by atoms with E-state index in [4.69, 9.17) is 18.9 Å². The van der Waals surface area contributed by atoms with Gasteiger partial charge in [0.1, 0.15) is 24.7 Å². The Labute approximate surface area is 293 Å². The van der Waals surface area contributed by atoms with Crippen molar-refractivity contribution in [3.05, 3.63) is 162 Å². The number of carbonyl (C=O) groups excluding carboxylic acids is 1. The Bertz CT molecular complexity index is 2180. The van der Waals surface area contributed by atoms with Gasteiger partial charge in [-0.15, -0.1) is 0 Å². The molecule has 2 N–H and O–H groups in total. The topological polar surface area (TPSA) is 146 Å². The molecule has 1 aromatic heterocycles. The van der Waals surface area contributed by atoms with E-state index in [2.05, 4.69) is 4.98 Å². The van der Waals surface area contributed by atoms with Crippen LogP contribution in [-0.4, -0.2) is 53.5 Å². The quantitative estimate of drug-likeness (QED) is 0.115. The first-order chi connectivity index (χ1) is 24.7. The number of nitrogens with zero attached hydrogens (tertiary/aromatic N) is 1. The molecule has 0 atom stereocenters. The highest BCUT2D eigenvalue weighted by Crippen LogP contribution is 2.37. The molecule has 0 amide bonds. The zero-order valence-electron chi connectivity index (χ0n) is 28.1. The minimum absolute atomic E-state index is 0.0170. The summed E-state index contributed by atoms with van der Waals surface area (Å²) in [6.45, 7) is 2.36. The number of fused-ring (bicyclic) bond motifs is 2. The number of benzene rings is 4. The number of hydrogen-bond donors (Lipinski definition) is 2. The van der Waals surface area contributed by atoms with E-state index in [9.17, 15) is 24.3 Å². The Morgan fingerprint density at radius 2 is 1.43 bits per heavy atom. The maximum Gasteiger partial charge on any atom is 0.338 e. The highest BCUT2D eigenvalue weighted by Gasteiger charge is 2.26. The van der Waals surface area contributed by atoms with Crippen molar-refractivity contribution < 1.29 is 33.6 Å². The minimum atomic E-state index is -1.15. The summed E-state index contributed by atoms with van der Waals surface area (Å²) in [7, 11) is 1.53. The highest BCUT2D eigenvalue weighted by molar-refractivity contribution is 5.90. The molecule has 0 fully saturated rings. The second-order valence-corrected chi connectivity index (χ2v) is 11.9. The van der Waals surface area contributed by atoms with Crippen molar-refractivity contribution in [2.45, 2.75) is 26.0 Å². The Kier molecular flexibility index (Phi) is 10.6. The molecule has 1 aliphatic carbocycles. The molecular weight excluding hydrogens is 652 g/mol. The first-order valence-corrected chi connectivity index (χ1v) is 16.4. The number of carbonyl (C=O) groups is 2. The number of hydrogen-bond acceptors (Lipinski definition) is 8. The fourth-order valence-corrected chi connectivity index (χ4v) is 6.12. The van der Waals surface area contributed by atoms with Gasteiger partial charge in [-0.25, -0.2) is 14.4 Å². The summed E-state index contributed by atoms with van der Waals surface area (Å²) in [6.07, 6.45) is 5.63. The van der Waals surface area contributed by atoms with Gasteiger partial charge in [-0.2, -0.15) is 0 Å². The Morgan fingerprint density at radius 3 is 2.08 bits per heavy atom. The number of aromatic nitrogens is 2. The number of rotatable bonds is 13. The average molecular weight is 689 g/mol. The summed E-state index contributed by atoms with van der Waals surface area (Å²) in [5.41, 5.74) is 4.43. The lowest BCUT2D eigenvalue weighted by Crippen LogP contribution is -2.33. The van der Waals surface area contributed by atoms with Crippen LogP contribution >= 0.6 is 0 Å². The fourth-order valence-electron chi connectivity index (χ4n) is 6.12. The largest absolute Gasteiger partial charge is 0.491 e. The second-order valence-electron chi connectivity index (χ2n) is 11.9. The van der Waals surface area contributed by atoms with Crippen LogP contribution < -0.4 is 20.7 Å². The van der Waals surface area contributed by atoms with E-state index in [0.29, 0.717) is 29.0 Å². The predicted octanol–water partition coefficient (Wildman–Crippen LogP) is 5.73. The molecule has 0 radical (unpaired) electrons. The van der Waals surface area contributed by atoms with Gasteiger partial charge in [0.25, 0.3) is 5.56 Å². The maximum atomic E-state index is 13.5. The summed E-state index contributed by atoms with van der Waals surface area (Å²) in [4.78, 5) is 54.0. The van der Waals surface area contributed by atoms with Crippen molar-refractivity contribution in [1.29, 1.82) is 0 Å². The lowest BCUT2D eigenvalue weighted by molar-refractivity contribution is 0.0525. The fraction of sp³-hybridized carbons (Fsp3) is 0.200. The molecule has 0 saturated carbocycles. The van der Waals surface area contributed by atoms with Gasteiger partial charge in [-0.05, 0) is 64.6 Å². The molecule has 5 aromatic rings. The van der Waals surface area contributed by atoms with Crippen molar-refractivity contribution in [1.82, 2.24) is 9.55 Å². The smallest absolute Gasteiger partial charge is 0.338 e. The van der Waals surface area contributed by atoms with E-state index in [-0.39, 0.29) is 43.2 Å². The molecule has 11 nitrogen and oxygen atoms in total. The van der Waals surface area contributed by atoms with Crippen LogP contribution in [0.25, 0.3) is 12.2 Å². The van der Waals surface area contributed by atoms with E-state index in [1.807, 2.05) is 60.7 Å². The zero-order valence-corrected chi connectivity index (χ0v) is 28.1. The van der Waals surface area contributed by atoms with Gasteiger partial charge in [-0.1, -0.05) is 66.7 Å². The number of carboxylic acid groups (broad SMARTS) is 1. The number of aromatic carboxylic acids is 1. The van der Waals surface area contributed by atoms with Crippen molar-refractivity contribution in [3.8, 4) is 11.5 Å². The Balaban J connectivity index is 1.35. The van der Waals surface area contributed by atoms with E-state index in [1.54, 1.807) is 37.4 Å². The summed E-state index contributed by atoms with van der Waals surface area (Å²) in [6, 6.07) is 25.0. The maximum absolute atomic E-state index is 13.5. The van der Waals surface area contributed by atoms with Crippen molar-refractivity contribution in [2.24, 2.45) is 0 Å². The third-order valence-corrected chi connectivity index (χ3v) is 8.41. The number of nitrogens with one attached hydrogen (secondary N) is 1. The molecule has 11 heteroatoms. The molecule has 260 valence electrons. The third-order valence-electron chi connectivity index (χ3n) is 8.41. The van der Waals surface area contributed by atoms with Crippen LogP contribution in [0.2, 0.25) is 0 Å². The summed E-state index contributed by atoms with van der Waals surface area (Å²) in [5, 5.41) is 9.63. The minimum Gasteiger partial charge on any atom is -0.491 e. The Hall–Kier alpha value is -6.20. The van der Waals surface area contributed by atoms with Crippen LogP contribution in [0, 0.1) is 0 Å². The zero-order chi connectivity index (χ0) is 35.9. The third kappa shape index (κ3) is 8.00. The Morgan fingerprint density at radius 1 is 0.784 bits per heavy atom. The molecule has 0 saturated heterocycles. The lowest BCUT2D eigenvalue weighted by Gasteiger charge is -2.21. The van der Waals surface area contributed by atoms with Crippen molar-refractivity contribution in [2.75, 3.05) is 26.9 Å². The molecule has 1 aliphatic rings. The number of H-pyrrole nitrogens is 1. The van der Waals surface area contributed by atoms with Crippen LogP contribution in [-0.2, 0) is 22.6 Å². The van der Waals surface area contributed by atoms with E-state index < -0.39 is 29.1 Å². The number of esters is 1. The number of aromatic amines is 1. The first kappa shape index (κ1) is 34.7. The van der Waals surface area contributed by atoms with E-state index >= 15 is 0 Å². The van der Waals surface area contributed by atoms with Gasteiger partial charge in [0.05, 0.1) is 30.9 Å². The summed E-state index contributed by atoms with van der Waals surface area (Å²) in [5.74, 6) is -1.63. The summed E-state index contributed by atoms with van der Waals surface area (Å²) >= 11 is 0. The van der Waals surface area contributed by atoms with Crippen LogP contribution in [0.4, 0.5) is 0 Å². The van der Waals surface area contributed by atoms with Gasteiger partial charge < -0.3 is 24.1 Å².